The molecule has 1 fully saturated rings. The molecule has 0 saturated carbocycles. The molecule has 0 spiro atoms. The standard InChI is InChI=1S/C25H32N4O2/c1-19-25-10-8-20(13-22(25)17-29(19)24(18-31)6-4-12-30)7-9-23-5-2-3-11-28(23)16-21-14-26-27-15-21/h8,10,12-15,18,23-24H,1-7,9,11,16-17H2,(H,26,27). The molecule has 4 rings (SSSR count). The van der Waals surface area contributed by atoms with E-state index in [1.54, 1.807) is 0 Å². The topological polar surface area (TPSA) is 69.3 Å². The van der Waals surface area contributed by atoms with Crippen LogP contribution >= 0.6 is 0 Å². The summed E-state index contributed by atoms with van der Waals surface area (Å²) in [5.74, 6) is 0. The van der Waals surface area contributed by atoms with Crippen LogP contribution in [0.5, 0.6) is 0 Å². The van der Waals surface area contributed by atoms with Crippen molar-refractivity contribution < 1.29 is 9.59 Å². The lowest BCUT2D eigenvalue weighted by atomic mass is 9.94. The predicted molar refractivity (Wildman–Crippen MR) is 121 cm³/mol. The number of carbonyl (C=O) groups is 2. The molecular weight excluding hydrogens is 388 g/mol. The van der Waals surface area contributed by atoms with Gasteiger partial charge in [0.05, 0.1) is 12.2 Å². The molecule has 2 aromatic rings. The van der Waals surface area contributed by atoms with Gasteiger partial charge in [0.1, 0.15) is 12.6 Å². The first-order chi connectivity index (χ1) is 15.2. The monoisotopic (exact) mass is 420 g/mol. The Labute approximate surface area is 184 Å². The molecule has 1 aromatic carbocycles. The minimum absolute atomic E-state index is 0.285. The maximum atomic E-state index is 11.6. The Morgan fingerprint density at radius 3 is 2.94 bits per heavy atom. The molecule has 1 aromatic heterocycles. The van der Waals surface area contributed by atoms with Gasteiger partial charge in [0.15, 0.2) is 0 Å². The summed E-state index contributed by atoms with van der Waals surface area (Å²) < 4.78 is 0. The molecule has 0 bridgehead atoms. The van der Waals surface area contributed by atoms with Crippen LogP contribution in [0.3, 0.4) is 0 Å². The van der Waals surface area contributed by atoms with Crippen LogP contribution in [0.4, 0.5) is 0 Å². The zero-order valence-corrected chi connectivity index (χ0v) is 18.1. The van der Waals surface area contributed by atoms with Crippen LogP contribution in [0, 0.1) is 0 Å². The van der Waals surface area contributed by atoms with Gasteiger partial charge < -0.3 is 14.5 Å². The summed E-state index contributed by atoms with van der Waals surface area (Å²) in [4.78, 5) is 27.0. The number of rotatable bonds is 10. The Balaban J connectivity index is 1.39. The maximum absolute atomic E-state index is 11.6. The Morgan fingerprint density at radius 2 is 2.16 bits per heavy atom. The van der Waals surface area contributed by atoms with Crippen LogP contribution in [0.15, 0.2) is 37.2 Å². The summed E-state index contributed by atoms with van der Waals surface area (Å²) in [6.07, 6.45) is 12.7. The number of hydrogen-bond donors (Lipinski definition) is 1. The van der Waals surface area contributed by atoms with Crippen LogP contribution < -0.4 is 0 Å². The number of nitrogens with zero attached hydrogens (tertiary/aromatic N) is 3. The summed E-state index contributed by atoms with van der Waals surface area (Å²) in [5, 5.41) is 7.00. The van der Waals surface area contributed by atoms with Crippen molar-refractivity contribution in [1.29, 1.82) is 0 Å². The van der Waals surface area contributed by atoms with E-state index >= 15 is 0 Å². The van der Waals surface area contributed by atoms with Gasteiger partial charge in [-0.05, 0) is 49.8 Å². The number of hydrogen-bond acceptors (Lipinski definition) is 5. The van der Waals surface area contributed by atoms with Crippen molar-refractivity contribution in [3.63, 3.8) is 0 Å². The van der Waals surface area contributed by atoms with Crippen molar-refractivity contribution in [3.8, 4) is 0 Å². The zero-order chi connectivity index (χ0) is 21.6. The van der Waals surface area contributed by atoms with Gasteiger partial charge in [0.25, 0.3) is 0 Å². The van der Waals surface area contributed by atoms with Crippen molar-refractivity contribution in [3.05, 3.63) is 59.4 Å². The van der Waals surface area contributed by atoms with Gasteiger partial charge in [-0.1, -0.05) is 31.2 Å². The molecule has 0 aliphatic carbocycles. The number of aromatic amines is 1. The number of benzene rings is 1. The smallest absolute Gasteiger partial charge is 0.142 e. The summed E-state index contributed by atoms with van der Waals surface area (Å²) in [5.41, 5.74) is 5.85. The SMILES string of the molecule is C=C1c2ccc(CCC3CCCCN3Cc3cn[nH]c3)cc2CN1C(C=O)CCC=O. The highest BCUT2D eigenvalue weighted by molar-refractivity contribution is 5.73. The number of aromatic nitrogens is 2. The summed E-state index contributed by atoms with van der Waals surface area (Å²) >= 11 is 0. The molecule has 1 N–H and O–H groups in total. The fraction of sp³-hybridized carbons (Fsp3) is 0.480. The lowest BCUT2D eigenvalue weighted by molar-refractivity contribution is -0.112. The average Bonchev–Trinajstić information content (AvgIpc) is 3.42. The van der Waals surface area contributed by atoms with Crippen molar-refractivity contribution in [2.24, 2.45) is 0 Å². The number of H-pyrrole nitrogens is 1. The summed E-state index contributed by atoms with van der Waals surface area (Å²) in [6.45, 7) is 7.03. The third-order valence-corrected chi connectivity index (χ3v) is 6.76. The zero-order valence-electron chi connectivity index (χ0n) is 18.1. The second-order valence-electron chi connectivity index (χ2n) is 8.78. The van der Waals surface area contributed by atoms with Gasteiger partial charge in [0.2, 0.25) is 0 Å². The molecule has 2 aliphatic rings. The summed E-state index contributed by atoms with van der Waals surface area (Å²) in [7, 11) is 0. The van der Waals surface area contributed by atoms with E-state index in [9.17, 15) is 9.59 Å². The number of nitrogens with one attached hydrogen (secondary N) is 1. The fourth-order valence-electron chi connectivity index (χ4n) is 5.03. The largest absolute Gasteiger partial charge is 0.357 e. The van der Waals surface area contributed by atoms with Crippen LogP contribution in [-0.2, 0) is 29.1 Å². The summed E-state index contributed by atoms with van der Waals surface area (Å²) in [6, 6.07) is 6.96. The molecule has 0 radical (unpaired) electrons. The van der Waals surface area contributed by atoms with Gasteiger partial charge in [-0.3, -0.25) is 10.00 Å². The molecule has 6 nitrogen and oxygen atoms in total. The molecule has 6 heteroatoms. The van der Waals surface area contributed by atoms with Crippen molar-refractivity contribution in [2.45, 2.75) is 70.1 Å². The molecule has 1 saturated heterocycles. The molecule has 31 heavy (non-hydrogen) atoms. The molecule has 2 aliphatic heterocycles. The van der Waals surface area contributed by atoms with E-state index in [-0.39, 0.29) is 6.04 Å². The fourth-order valence-corrected chi connectivity index (χ4v) is 5.03. The molecule has 3 heterocycles. The third kappa shape index (κ3) is 4.96. The molecular formula is C25H32N4O2. The number of likely N-dealkylation sites (tertiary alicyclic amines) is 1. The van der Waals surface area contributed by atoms with Gasteiger partial charge >= 0.3 is 0 Å². The number of piperidine rings is 1. The number of aryl methyl sites for hydroxylation is 1. The van der Waals surface area contributed by atoms with E-state index in [1.165, 1.54) is 36.0 Å². The lowest BCUT2D eigenvalue weighted by Gasteiger charge is -2.35. The molecule has 2 atom stereocenters. The number of aldehydes is 2. The first-order valence-electron chi connectivity index (χ1n) is 11.4. The highest BCUT2D eigenvalue weighted by Crippen LogP contribution is 2.35. The number of carbonyl (C=O) groups excluding carboxylic acids is 2. The molecule has 2 unspecified atom stereocenters. The lowest BCUT2D eigenvalue weighted by Crippen LogP contribution is -2.39. The van der Waals surface area contributed by atoms with Gasteiger partial charge in [-0.15, -0.1) is 0 Å². The van der Waals surface area contributed by atoms with Crippen LogP contribution in [-0.4, -0.2) is 51.2 Å². The van der Waals surface area contributed by atoms with Crippen molar-refractivity contribution >= 4 is 18.3 Å². The van der Waals surface area contributed by atoms with E-state index in [4.69, 9.17) is 0 Å². The first-order valence-corrected chi connectivity index (χ1v) is 11.4. The van der Waals surface area contributed by atoms with Crippen LogP contribution in [0.25, 0.3) is 5.70 Å². The Hall–Kier alpha value is -2.73. The highest BCUT2D eigenvalue weighted by atomic mass is 16.1. The Bertz CT molecular complexity index is 908. The third-order valence-electron chi connectivity index (χ3n) is 6.76. The maximum Gasteiger partial charge on any atom is 0.142 e. The Morgan fingerprint density at radius 1 is 1.26 bits per heavy atom. The second kappa shape index (κ2) is 10.1. The van der Waals surface area contributed by atoms with E-state index in [1.807, 2.05) is 17.3 Å². The van der Waals surface area contributed by atoms with Gasteiger partial charge in [-0.2, -0.15) is 5.10 Å². The normalized spacial score (nSPS) is 19.9. The van der Waals surface area contributed by atoms with Crippen molar-refractivity contribution in [2.75, 3.05) is 6.54 Å². The highest BCUT2D eigenvalue weighted by Gasteiger charge is 2.28. The van der Waals surface area contributed by atoms with Gasteiger partial charge in [0, 0.05) is 48.6 Å². The van der Waals surface area contributed by atoms with Crippen LogP contribution in [0.1, 0.15) is 60.8 Å². The predicted octanol–water partition coefficient (Wildman–Crippen LogP) is 3.73. The van der Waals surface area contributed by atoms with Crippen molar-refractivity contribution in [1.82, 2.24) is 20.0 Å². The minimum atomic E-state index is -0.285. The Kier molecular flexibility index (Phi) is 6.97. The molecule has 164 valence electrons. The quantitative estimate of drug-likeness (QED) is 0.593. The average molecular weight is 421 g/mol. The van der Waals surface area contributed by atoms with E-state index in [0.29, 0.717) is 25.4 Å². The van der Waals surface area contributed by atoms with E-state index in [0.717, 1.165) is 49.8 Å². The minimum Gasteiger partial charge on any atom is -0.357 e. The van der Waals surface area contributed by atoms with E-state index < -0.39 is 0 Å². The molecule has 0 amide bonds. The first kappa shape index (κ1) is 21.5. The number of fused-ring (bicyclic) bond motifs is 1. The van der Waals surface area contributed by atoms with Gasteiger partial charge in [-0.25, -0.2) is 0 Å². The van der Waals surface area contributed by atoms with E-state index in [2.05, 4.69) is 39.9 Å². The van der Waals surface area contributed by atoms with Crippen LogP contribution in [0.2, 0.25) is 0 Å². The second-order valence-corrected chi connectivity index (χ2v) is 8.78.